The Bertz CT molecular complexity index is 810. The van der Waals surface area contributed by atoms with Crippen molar-refractivity contribution in [3.63, 3.8) is 0 Å². The smallest absolute Gasteiger partial charge is 0.194 e. The van der Waals surface area contributed by atoms with Crippen molar-refractivity contribution in [2.24, 2.45) is 4.99 Å². The molecule has 1 saturated heterocycles. The molecule has 2 aromatic rings. The summed E-state index contributed by atoms with van der Waals surface area (Å²) in [6, 6.07) is 8.89. The van der Waals surface area contributed by atoms with Crippen LogP contribution in [-0.4, -0.2) is 73.7 Å². The fourth-order valence-electron chi connectivity index (χ4n) is 3.36. The number of nitrogens with one attached hydrogen (secondary N) is 1. The van der Waals surface area contributed by atoms with Gasteiger partial charge in [0.15, 0.2) is 17.5 Å². The topological polar surface area (TPSA) is 62.2 Å². The van der Waals surface area contributed by atoms with Gasteiger partial charge in [-0.05, 0) is 36.8 Å². The molecule has 1 aliphatic rings. The van der Waals surface area contributed by atoms with E-state index in [1.807, 2.05) is 18.2 Å². The molecule has 7 nitrogen and oxygen atoms in total. The molecule has 1 fully saturated rings. The van der Waals surface area contributed by atoms with Gasteiger partial charge in [0.1, 0.15) is 12.4 Å². The van der Waals surface area contributed by atoms with Gasteiger partial charge in [0.05, 0.1) is 19.9 Å². The normalized spacial score (nSPS) is 15.2. The summed E-state index contributed by atoms with van der Waals surface area (Å²) in [6.45, 7) is 8.20. The van der Waals surface area contributed by atoms with E-state index in [-0.39, 0.29) is 11.6 Å². The highest BCUT2D eigenvalue weighted by Gasteiger charge is 2.20. The van der Waals surface area contributed by atoms with Crippen LogP contribution in [0.4, 0.5) is 4.39 Å². The Morgan fingerprint density at radius 2 is 2.07 bits per heavy atom. The van der Waals surface area contributed by atoms with Gasteiger partial charge in [0.2, 0.25) is 0 Å². The number of ether oxygens (including phenoxy) is 2. The van der Waals surface area contributed by atoms with E-state index in [0.717, 1.165) is 56.5 Å². The molecule has 0 atom stereocenters. The van der Waals surface area contributed by atoms with E-state index in [9.17, 15) is 4.39 Å². The predicted octanol–water partition coefficient (Wildman–Crippen LogP) is 2.39. The summed E-state index contributed by atoms with van der Waals surface area (Å²) in [5, 5.41) is 3.36. The lowest BCUT2D eigenvalue weighted by molar-refractivity contribution is 0.172. The largest absolute Gasteiger partial charge is 0.494 e. The van der Waals surface area contributed by atoms with E-state index in [2.05, 4.69) is 27.0 Å². The number of pyridine rings is 1. The zero-order valence-corrected chi connectivity index (χ0v) is 17.7. The summed E-state index contributed by atoms with van der Waals surface area (Å²) in [7, 11) is 1.48. The zero-order valence-electron chi connectivity index (χ0n) is 17.7. The van der Waals surface area contributed by atoms with Crippen LogP contribution in [0.3, 0.4) is 0 Å². The summed E-state index contributed by atoms with van der Waals surface area (Å²) in [6.07, 6.45) is 3.42. The highest BCUT2D eigenvalue weighted by atomic mass is 19.1. The number of nitrogens with zero attached hydrogens (tertiary/aromatic N) is 4. The van der Waals surface area contributed by atoms with E-state index < -0.39 is 0 Å². The molecule has 1 aromatic heterocycles. The molecule has 1 aliphatic heterocycles. The Balaban J connectivity index is 1.47. The van der Waals surface area contributed by atoms with E-state index in [1.54, 1.807) is 24.5 Å². The number of aliphatic imine (C=N–C) groups is 1. The van der Waals surface area contributed by atoms with Gasteiger partial charge in [-0.3, -0.25) is 9.88 Å². The van der Waals surface area contributed by atoms with Crippen molar-refractivity contribution < 1.29 is 13.9 Å². The van der Waals surface area contributed by atoms with Gasteiger partial charge in [-0.25, -0.2) is 9.38 Å². The van der Waals surface area contributed by atoms with E-state index in [0.29, 0.717) is 13.2 Å². The van der Waals surface area contributed by atoms with Crippen molar-refractivity contribution in [1.82, 2.24) is 20.1 Å². The fraction of sp³-hybridized carbons (Fsp3) is 0.455. The standard InChI is InChI=1S/C22H30FN5O2/c1-3-25-22(26-9-14-30-19-5-4-8-24-16-19)28-12-10-27(11-13-28)17-18-6-7-21(29-2)20(23)15-18/h4-8,15-16H,3,9-14,17H2,1-2H3,(H,25,26). The minimum absolute atomic E-state index is 0.280. The molecule has 2 heterocycles. The molecular formula is C22H30FN5O2. The van der Waals surface area contributed by atoms with Crippen LogP contribution in [0, 0.1) is 5.82 Å². The van der Waals surface area contributed by atoms with Crippen LogP contribution in [-0.2, 0) is 6.54 Å². The third-order valence-corrected chi connectivity index (χ3v) is 4.89. The SMILES string of the molecule is CCNC(=NCCOc1cccnc1)N1CCN(Cc2ccc(OC)c(F)c2)CC1. The number of methoxy groups -OCH3 is 1. The minimum atomic E-state index is -0.316. The number of benzene rings is 1. The summed E-state index contributed by atoms with van der Waals surface area (Å²) in [4.78, 5) is 13.3. The number of guanidine groups is 1. The molecular weight excluding hydrogens is 385 g/mol. The lowest BCUT2D eigenvalue weighted by Gasteiger charge is -2.36. The summed E-state index contributed by atoms with van der Waals surface area (Å²) in [5.41, 5.74) is 0.954. The number of piperazine rings is 1. The number of hydrogen-bond acceptors (Lipinski definition) is 5. The zero-order chi connectivity index (χ0) is 21.2. The number of hydrogen-bond donors (Lipinski definition) is 1. The molecule has 0 amide bonds. The molecule has 0 unspecified atom stereocenters. The highest BCUT2D eigenvalue weighted by molar-refractivity contribution is 5.80. The quantitative estimate of drug-likeness (QED) is 0.406. The van der Waals surface area contributed by atoms with Gasteiger partial charge in [0, 0.05) is 45.5 Å². The van der Waals surface area contributed by atoms with Crippen LogP contribution < -0.4 is 14.8 Å². The lowest BCUT2D eigenvalue weighted by Crippen LogP contribution is -2.52. The van der Waals surface area contributed by atoms with Gasteiger partial charge in [-0.15, -0.1) is 0 Å². The molecule has 1 aromatic carbocycles. The monoisotopic (exact) mass is 415 g/mol. The fourth-order valence-corrected chi connectivity index (χ4v) is 3.36. The molecule has 0 saturated carbocycles. The average Bonchev–Trinajstić information content (AvgIpc) is 2.77. The molecule has 0 bridgehead atoms. The average molecular weight is 416 g/mol. The van der Waals surface area contributed by atoms with Crippen molar-refractivity contribution in [3.05, 3.63) is 54.1 Å². The molecule has 3 rings (SSSR count). The predicted molar refractivity (Wildman–Crippen MR) is 116 cm³/mol. The third-order valence-electron chi connectivity index (χ3n) is 4.89. The molecule has 30 heavy (non-hydrogen) atoms. The first-order chi connectivity index (χ1) is 14.7. The second kappa shape index (κ2) is 11.3. The Labute approximate surface area is 177 Å². The van der Waals surface area contributed by atoms with Crippen molar-refractivity contribution in [2.45, 2.75) is 13.5 Å². The van der Waals surface area contributed by atoms with Crippen LogP contribution in [0.2, 0.25) is 0 Å². The molecule has 0 radical (unpaired) electrons. The van der Waals surface area contributed by atoms with Crippen LogP contribution in [0.25, 0.3) is 0 Å². The number of rotatable bonds is 8. The number of aromatic nitrogens is 1. The maximum atomic E-state index is 13.9. The van der Waals surface area contributed by atoms with Gasteiger partial charge in [0.25, 0.3) is 0 Å². The van der Waals surface area contributed by atoms with E-state index in [4.69, 9.17) is 14.5 Å². The van der Waals surface area contributed by atoms with Crippen molar-refractivity contribution in [1.29, 1.82) is 0 Å². The first kappa shape index (κ1) is 21.8. The first-order valence-corrected chi connectivity index (χ1v) is 10.3. The minimum Gasteiger partial charge on any atom is -0.494 e. The molecule has 0 aliphatic carbocycles. The van der Waals surface area contributed by atoms with Gasteiger partial charge in [-0.2, -0.15) is 0 Å². The summed E-state index contributed by atoms with van der Waals surface area (Å²) in [5.74, 6) is 1.62. The second-order valence-corrected chi connectivity index (χ2v) is 7.00. The van der Waals surface area contributed by atoms with Gasteiger partial charge < -0.3 is 19.7 Å². The third kappa shape index (κ3) is 6.32. The van der Waals surface area contributed by atoms with E-state index >= 15 is 0 Å². The van der Waals surface area contributed by atoms with Crippen LogP contribution in [0.15, 0.2) is 47.7 Å². The lowest BCUT2D eigenvalue weighted by atomic mass is 10.2. The van der Waals surface area contributed by atoms with E-state index in [1.165, 1.54) is 7.11 Å². The maximum absolute atomic E-state index is 13.9. The highest BCUT2D eigenvalue weighted by Crippen LogP contribution is 2.19. The van der Waals surface area contributed by atoms with Gasteiger partial charge in [-0.1, -0.05) is 6.07 Å². The Morgan fingerprint density at radius 1 is 1.23 bits per heavy atom. The molecule has 0 spiro atoms. The number of halogens is 1. The van der Waals surface area contributed by atoms with Crippen molar-refractivity contribution >= 4 is 5.96 Å². The summed E-state index contributed by atoms with van der Waals surface area (Å²) < 4.78 is 24.6. The molecule has 162 valence electrons. The summed E-state index contributed by atoms with van der Waals surface area (Å²) >= 11 is 0. The maximum Gasteiger partial charge on any atom is 0.194 e. The van der Waals surface area contributed by atoms with Crippen molar-refractivity contribution in [3.8, 4) is 11.5 Å². The molecule has 1 N–H and O–H groups in total. The Hall–Kier alpha value is -2.87. The van der Waals surface area contributed by atoms with Crippen molar-refractivity contribution in [2.75, 3.05) is 53.0 Å². The Kier molecular flexibility index (Phi) is 8.26. The van der Waals surface area contributed by atoms with Crippen LogP contribution >= 0.6 is 0 Å². The molecule has 8 heteroatoms. The second-order valence-electron chi connectivity index (χ2n) is 7.00. The van der Waals surface area contributed by atoms with Gasteiger partial charge >= 0.3 is 0 Å². The van der Waals surface area contributed by atoms with Crippen LogP contribution in [0.1, 0.15) is 12.5 Å². The first-order valence-electron chi connectivity index (χ1n) is 10.3. The Morgan fingerprint density at radius 3 is 2.73 bits per heavy atom. The van der Waals surface area contributed by atoms with Crippen LogP contribution in [0.5, 0.6) is 11.5 Å².